The first-order valence-electron chi connectivity index (χ1n) is 9.72. The van der Waals surface area contributed by atoms with E-state index in [0.29, 0.717) is 11.1 Å². The number of aromatic nitrogens is 3. The van der Waals surface area contributed by atoms with Crippen LogP contribution in [0.4, 0.5) is 17.6 Å². The molecule has 0 saturated carbocycles. The van der Waals surface area contributed by atoms with E-state index >= 15 is 0 Å². The van der Waals surface area contributed by atoms with E-state index in [4.69, 9.17) is 26.8 Å². The van der Waals surface area contributed by atoms with Gasteiger partial charge in [0.15, 0.2) is 11.3 Å². The van der Waals surface area contributed by atoms with Crippen molar-refractivity contribution in [1.29, 1.82) is 0 Å². The molecule has 1 aliphatic rings. The van der Waals surface area contributed by atoms with Gasteiger partial charge >= 0.3 is 6.18 Å². The summed E-state index contributed by atoms with van der Waals surface area (Å²) in [7, 11) is 1.30. The number of ether oxygens (including phenoxy) is 2. The SMILES string of the molecule is COc1c(C2CO[C@@](C)(C(F)(F)F)C2C)ccc(F)c1Cl.NC(=O)c1nccc2[nH]cnc12. The van der Waals surface area contributed by atoms with Gasteiger partial charge in [-0.1, -0.05) is 24.6 Å². The van der Waals surface area contributed by atoms with Crippen LogP contribution in [0.25, 0.3) is 11.0 Å². The van der Waals surface area contributed by atoms with Crippen molar-refractivity contribution >= 4 is 28.5 Å². The summed E-state index contributed by atoms with van der Waals surface area (Å²) in [6.45, 7) is 2.35. The van der Waals surface area contributed by atoms with Gasteiger partial charge in [-0.2, -0.15) is 13.2 Å². The minimum atomic E-state index is -4.49. The molecule has 4 rings (SSSR count). The van der Waals surface area contributed by atoms with Gasteiger partial charge in [-0.15, -0.1) is 0 Å². The lowest BCUT2D eigenvalue weighted by atomic mass is 9.79. The highest BCUT2D eigenvalue weighted by molar-refractivity contribution is 6.32. The first kappa shape index (κ1) is 24.7. The molecule has 33 heavy (non-hydrogen) atoms. The van der Waals surface area contributed by atoms with Crippen LogP contribution in [0.5, 0.6) is 5.75 Å². The Morgan fingerprint density at radius 3 is 2.61 bits per heavy atom. The van der Waals surface area contributed by atoms with Gasteiger partial charge in [-0.25, -0.2) is 14.4 Å². The van der Waals surface area contributed by atoms with Gasteiger partial charge in [-0.3, -0.25) is 4.79 Å². The van der Waals surface area contributed by atoms with Crippen LogP contribution in [0.3, 0.4) is 0 Å². The summed E-state index contributed by atoms with van der Waals surface area (Å²) in [5, 5.41) is -0.234. The number of halogens is 5. The van der Waals surface area contributed by atoms with Crippen LogP contribution in [0, 0.1) is 11.7 Å². The fraction of sp³-hybridized carbons (Fsp3) is 0.381. The van der Waals surface area contributed by atoms with E-state index in [0.717, 1.165) is 18.5 Å². The molecule has 0 aliphatic carbocycles. The first-order chi connectivity index (χ1) is 15.4. The van der Waals surface area contributed by atoms with E-state index in [9.17, 15) is 22.4 Å². The van der Waals surface area contributed by atoms with Gasteiger partial charge in [-0.05, 0) is 19.1 Å². The van der Waals surface area contributed by atoms with E-state index in [2.05, 4.69) is 15.0 Å². The van der Waals surface area contributed by atoms with Crippen LogP contribution < -0.4 is 10.5 Å². The maximum absolute atomic E-state index is 13.4. The number of benzene rings is 1. The fourth-order valence-electron chi connectivity index (χ4n) is 3.72. The Morgan fingerprint density at radius 2 is 2.03 bits per heavy atom. The molecule has 1 aromatic carbocycles. The van der Waals surface area contributed by atoms with Crippen LogP contribution in [0.2, 0.25) is 5.02 Å². The Balaban J connectivity index is 0.000000215. The van der Waals surface area contributed by atoms with E-state index in [1.165, 1.54) is 32.6 Å². The second-order valence-electron chi connectivity index (χ2n) is 7.62. The fourth-order valence-corrected chi connectivity index (χ4v) is 3.97. The van der Waals surface area contributed by atoms with Gasteiger partial charge in [0.25, 0.3) is 5.91 Å². The smallest absolute Gasteiger partial charge is 0.417 e. The Kier molecular flexibility index (Phi) is 6.85. The number of imidazole rings is 1. The predicted molar refractivity (Wildman–Crippen MR) is 113 cm³/mol. The number of H-pyrrole nitrogens is 1. The van der Waals surface area contributed by atoms with Crippen molar-refractivity contribution in [3.63, 3.8) is 0 Å². The summed E-state index contributed by atoms with van der Waals surface area (Å²) >= 11 is 5.82. The second kappa shape index (κ2) is 9.14. The molecule has 3 N–H and O–H groups in total. The largest absolute Gasteiger partial charge is 0.495 e. The molecule has 3 heterocycles. The standard InChI is InChI=1S/C14H15ClF4O2.C7H6N4O/c1-7-9(6-21-13(7,2)14(17,18)19)8-4-5-10(16)11(15)12(8)20-3;8-7(12)6-5-4(1-2-9-6)10-3-11-5/h4-5,7,9H,6H2,1-3H3;1-3H,(H2,8,12)(H,10,11)/t7?,9?,13-;/m1./s1. The van der Waals surface area contributed by atoms with Crippen molar-refractivity contribution in [2.75, 3.05) is 13.7 Å². The summed E-state index contributed by atoms with van der Waals surface area (Å²) in [4.78, 5) is 21.4. The third-order valence-corrected chi connectivity index (χ3v) is 6.21. The molecular formula is C21H21ClF4N4O3. The third kappa shape index (κ3) is 4.47. The number of carbonyl (C=O) groups excluding carboxylic acids is 1. The molecule has 0 spiro atoms. The first-order valence-corrected chi connectivity index (χ1v) is 10.1. The number of nitrogens with zero attached hydrogens (tertiary/aromatic N) is 2. The number of amides is 1. The zero-order valence-corrected chi connectivity index (χ0v) is 18.6. The second-order valence-corrected chi connectivity index (χ2v) is 8.00. The monoisotopic (exact) mass is 488 g/mol. The Labute approximate surface area is 191 Å². The molecule has 1 saturated heterocycles. The number of aromatic amines is 1. The van der Waals surface area contributed by atoms with Crippen molar-refractivity contribution in [2.24, 2.45) is 11.7 Å². The molecule has 1 aliphatic heterocycles. The highest BCUT2D eigenvalue weighted by Crippen LogP contribution is 2.52. The van der Waals surface area contributed by atoms with Gasteiger partial charge in [0.05, 0.1) is 25.6 Å². The number of hydrogen-bond acceptors (Lipinski definition) is 5. The molecular weight excluding hydrogens is 468 g/mol. The predicted octanol–water partition coefficient (Wildman–Crippen LogP) is 4.62. The molecule has 1 fully saturated rings. The molecule has 0 bridgehead atoms. The molecule has 12 heteroatoms. The number of fused-ring (bicyclic) bond motifs is 1. The number of primary amides is 1. The highest BCUT2D eigenvalue weighted by Gasteiger charge is 2.61. The lowest BCUT2D eigenvalue weighted by molar-refractivity contribution is -0.266. The number of pyridine rings is 1. The van der Waals surface area contributed by atoms with Crippen LogP contribution in [-0.4, -0.2) is 46.4 Å². The van der Waals surface area contributed by atoms with E-state index in [1.807, 2.05) is 0 Å². The zero-order valence-electron chi connectivity index (χ0n) is 17.8. The molecule has 1 amide bonds. The Hall–Kier alpha value is -2.92. The lowest BCUT2D eigenvalue weighted by Gasteiger charge is -2.32. The van der Waals surface area contributed by atoms with Crippen molar-refractivity contribution in [2.45, 2.75) is 31.5 Å². The van der Waals surface area contributed by atoms with Crippen molar-refractivity contribution in [3.8, 4) is 5.75 Å². The van der Waals surface area contributed by atoms with E-state index in [1.54, 1.807) is 6.07 Å². The Morgan fingerprint density at radius 1 is 1.33 bits per heavy atom. The Bertz CT molecular complexity index is 1170. The number of nitrogens with one attached hydrogen (secondary N) is 1. The summed E-state index contributed by atoms with van der Waals surface area (Å²) in [6, 6.07) is 4.25. The molecule has 2 aromatic heterocycles. The maximum atomic E-state index is 13.4. The number of nitrogens with two attached hydrogens (primary N) is 1. The average Bonchev–Trinajstić information content (AvgIpc) is 3.35. The van der Waals surface area contributed by atoms with Crippen LogP contribution >= 0.6 is 11.6 Å². The molecule has 3 aromatic rings. The number of rotatable bonds is 3. The molecule has 2 unspecified atom stereocenters. The summed E-state index contributed by atoms with van der Waals surface area (Å²) in [6.07, 6.45) is -1.47. The quantitative estimate of drug-likeness (QED) is 0.524. The number of hydrogen-bond donors (Lipinski definition) is 2. The maximum Gasteiger partial charge on any atom is 0.417 e. The molecule has 178 valence electrons. The normalized spacial score (nSPS) is 22.7. The highest BCUT2D eigenvalue weighted by atomic mass is 35.5. The molecule has 3 atom stereocenters. The summed E-state index contributed by atoms with van der Waals surface area (Å²) in [5.74, 6) is -2.61. The van der Waals surface area contributed by atoms with E-state index in [-0.39, 0.29) is 23.1 Å². The van der Waals surface area contributed by atoms with Gasteiger partial charge in [0, 0.05) is 23.6 Å². The number of carbonyl (C=O) groups is 1. The van der Waals surface area contributed by atoms with Crippen molar-refractivity contribution in [3.05, 3.63) is 52.8 Å². The summed E-state index contributed by atoms with van der Waals surface area (Å²) < 4.78 is 63.1. The van der Waals surface area contributed by atoms with Crippen molar-refractivity contribution in [1.82, 2.24) is 15.0 Å². The van der Waals surface area contributed by atoms with Crippen LogP contribution in [-0.2, 0) is 4.74 Å². The lowest BCUT2D eigenvalue weighted by Crippen LogP contribution is -2.46. The van der Waals surface area contributed by atoms with Crippen LogP contribution in [0.1, 0.15) is 35.8 Å². The zero-order chi connectivity index (χ0) is 24.6. The van der Waals surface area contributed by atoms with Gasteiger partial charge < -0.3 is 20.2 Å². The van der Waals surface area contributed by atoms with E-state index < -0.39 is 35.3 Å². The summed E-state index contributed by atoms with van der Waals surface area (Å²) in [5.41, 5.74) is 4.74. The minimum absolute atomic E-state index is 0.0588. The third-order valence-electron chi connectivity index (χ3n) is 5.85. The van der Waals surface area contributed by atoms with Gasteiger partial charge in [0.1, 0.15) is 22.1 Å². The topological polar surface area (TPSA) is 103 Å². The van der Waals surface area contributed by atoms with Crippen molar-refractivity contribution < 1.29 is 31.8 Å². The molecule has 0 radical (unpaired) electrons. The number of methoxy groups -OCH3 is 1. The molecule has 7 nitrogen and oxygen atoms in total. The number of alkyl halides is 3. The van der Waals surface area contributed by atoms with Gasteiger partial charge in [0.2, 0.25) is 0 Å². The minimum Gasteiger partial charge on any atom is -0.495 e. The van der Waals surface area contributed by atoms with Crippen LogP contribution in [0.15, 0.2) is 30.7 Å². The average molecular weight is 489 g/mol.